The minimum atomic E-state index is -0.353. The number of carbonyl (C=O) groups is 1. The zero-order chi connectivity index (χ0) is 16.1. The molecule has 1 saturated carbocycles. The Kier molecular flexibility index (Phi) is 7.35. The zero-order valence-corrected chi connectivity index (χ0v) is 15.6. The molecule has 0 bridgehead atoms. The number of piperazine rings is 1. The molecule has 1 aromatic rings. The van der Waals surface area contributed by atoms with Crippen molar-refractivity contribution in [3.05, 3.63) is 34.9 Å². The van der Waals surface area contributed by atoms with Gasteiger partial charge in [0, 0.05) is 44.3 Å². The summed E-state index contributed by atoms with van der Waals surface area (Å²) in [6.45, 7) is 5.89. The van der Waals surface area contributed by atoms with E-state index in [1.165, 1.54) is 0 Å². The lowest BCUT2D eigenvalue weighted by Gasteiger charge is -2.30. The van der Waals surface area contributed by atoms with E-state index in [4.69, 9.17) is 11.6 Å². The Morgan fingerprint density at radius 2 is 1.79 bits per heavy atom. The molecule has 0 aromatic heterocycles. The molecule has 1 heterocycles. The third kappa shape index (κ3) is 4.42. The Bertz CT molecular complexity index is 524. The summed E-state index contributed by atoms with van der Waals surface area (Å²) < 4.78 is 0. The molecule has 1 aliphatic heterocycles. The minimum absolute atomic E-state index is 0. The van der Waals surface area contributed by atoms with Crippen LogP contribution in [0.15, 0.2) is 24.3 Å². The van der Waals surface area contributed by atoms with E-state index < -0.39 is 0 Å². The molecule has 2 N–H and O–H groups in total. The highest BCUT2D eigenvalue weighted by molar-refractivity contribution is 6.30. The minimum Gasteiger partial charge on any atom is -0.354 e. The van der Waals surface area contributed by atoms with Crippen molar-refractivity contribution < 1.29 is 4.79 Å². The summed E-state index contributed by atoms with van der Waals surface area (Å²) in [5, 5.41) is 7.27. The van der Waals surface area contributed by atoms with Gasteiger partial charge in [0.2, 0.25) is 5.91 Å². The molecule has 0 radical (unpaired) electrons. The van der Waals surface area contributed by atoms with Gasteiger partial charge in [-0.15, -0.1) is 12.4 Å². The average Bonchev–Trinajstić information content (AvgIpc) is 3.07. The van der Waals surface area contributed by atoms with Crippen LogP contribution in [-0.2, 0) is 10.2 Å². The zero-order valence-electron chi connectivity index (χ0n) is 14.0. The molecule has 6 heteroatoms. The summed E-state index contributed by atoms with van der Waals surface area (Å²) in [7, 11) is 0. The molecule has 134 valence electrons. The molecule has 1 saturated heterocycles. The number of benzene rings is 1. The summed E-state index contributed by atoms with van der Waals surface area (Å²) in [5.41, 5.74) is 0.757. The van der Waals surface area contributed by atoms with Crippen LogP contribution >= 0.6 is 24.0 Å². The first-order chi connectivity index (χ1) is 11.2. The first kappa shape index (κ1) is 19.5. The van der Waals surface area contributed by atoms with E-state index in [9.17, 15) is 4.79 Å². The topological polar surface area (TPSA) is 44.4 Å². The number of nitrogens with one attached hydrogen (secondary N) is 2. The van der Waals surface area contributed by atoms with E-state index in [0.29, 0.717) is 0 Å². The van der Waals surface area contributed by atoms with Gasteiger partial charge in [-0.3, -0.25) is 9.69 Å². The fraction of sp³-hybridized carbons (Fsp3) is 0.611. The average molecular weight is 372 g/mol. The molecule has 1 amide bonds. The maximum atomic E-state index is 12.9. The van der Waals surface area contributed by atoms with E-state index in [-0.39, 0.29) is 23.7 Å². The van der Waals surface area contributed by atoms with Gasteiger partial charge < -0.3 is 10.6 Å². The Morgan fingerprint density at radius 3 is 2.42 bits per heavy atom. The predicted octanol–water partition coefficient (Wildman–Crippen LogP) is 2.60. The largest absolute Gasteiger partial charge is 0.354 e. The van der Waals surface area contributed by atoms with E-state index >= 15 is 0 Å². The number of nitrogens with zero attached hydrogens (tertiary/aromatic N) is 1. The molecule has 1 aliphatic carbocycles. The predicted molar refractivity (Wildman–Crippen MR) is 101 cm³/mol. The van der Waals surface area contributed by atoms with Crippen LogP contribution in [0.4, 0.5) is 0 Å². The summed E-state index contributed by atoms with van der Waals surface area (Å²) >= 11 is 6.00. The number of rotatable bonds is 5. The number of hydrogen-bond acceptors (Lipinski definition) is 3. The van der Waals surface area contributed by atoms with Crippen molar-refractivity contribution in [2.24, 2.45) is 0 Å². The molecule has 0 unspecified atom stereocenters. The van der Waals surface area contributed by atoms with E-state index in [1.54, 1.807) is 0 Å². The van der Waals surface area contributed by atoms with Crippen LogP contribution in [-0.4, -0.2) is 50.1 Å². The van der Waals surface area contributed by atoms with Crippen molar-refractivity contribution in [3.63, 3.8) is 0 Å². The van der Waals surface area contributed by atoms with Crippen LogP contribution in [0.2, 0.25) is 5.02 Å². The van der Waals surface area contributed by atoms with Gasteiger partial charge in [-0.25, -0.2) is 0 Å². The van der Waals surface area contributed by atoms with Crippen LogP contribution in [0, 0.1) is 0 Å². The smallest absolute Gasteiger partial charge is 0.230 e. The van der Waals surface area contributed by atoms with Gasteiger partial charge in [0.1, 0.15) is 0 Å². The van der Waals surface area contributed by atoms with Crippen LogP contribution in [0.1, 0.15) is 31.2 Å². The van der Waals surface area contributed by atoms with Crippen molar-refractivity contribution in [2.75, 3.05) is 39.3 Å². The van der Waals surface area contributed by atoms with E-state index in [2.05, 4.69) is 15.5 Å². The number of amides is 1. The first-order valence-corrected chi connectivity index (χ1v) is 9.06. The van der Waals surface area contributed by atoms with Gasteiger partial charge in [-0.1, -0.05) is 36.6 Å². The van der Waals surface area contributed by atoms with Crippen LogP contribution in [0.25, 0.3) is 0 Å². The quantitative estimate of drug-likeness (QED) is 0.835. The number of carbonyl (C=O) groups excluding carboxylic acids is 1. The van der Waals surface area contributed by atoms with E-state index in [1.807, 2.05) is 24.3 Å². The normalized spacial score (nSPS) is 20.4. The second-order valence-electron chi connectivity index (χ2n) is 6.64. The van der Waals surface area contributed by atoms with Gasteiger partial charge in [0.15, 0.2) is 0 Å². The van der Waals surface area contributed by atoms with Crippen LogP contribution in [0.3, 0.4) is 0 Å². The fourth-order valence-electron chi connectivity index (χ4n) is 3.83. The lowest BCUT2D eigenvalue weighted by Crippen LogP contribution is -2.48. The SMILES string of the molecule is Cl.O=C(NCCN1CCNCC1)C1(c2ccc(Cl)cc2)CCCC1. The third-order valence-corrected chi connectivity index (χ3v) is 5.46. The molecule has 1 aromatic carbocycles. The van der Waals surface area contributed by atoms with Crippen molar-refractivity contribution in [2.45, 2.75) is 31.1 Å². The van der Waals surface area contributed by atoms with Crippen molar-refractivity contribution in [1.82, 2.24) is 15.5 Å². The summed E-state index contributed by atoms with van der Waals surface area (Å²) in [4.78, 5) is 15.3. The molecule has 0 spiro atoms. The lowest BCUT2D eigenvalue weighted by atomic mass is 9.78. The third-order valence-electron chi connectivity index (χ3n) is 5.21. The summed E-state index contributed by atoms with van der Waals surface area (Å²) in [5.74, 6) is 0.187. The maximum Gasteiger partial charge on any atom is 0.230 e. The molecule has 2 aliphatic rings. The Balaban J connectivity index is 0.00000208. The summed E-state index contributed by atoms with van der Waals surface area (Å²) in [6, 6.07) is 7.82. The molecular formula is C18H27Cl2N3O. The highest BCUT2D eigenvalue weighted by Gasteiger charge is 2.42. The Hall–Kier alpha value is -0.810. The lowest BCUT2D eigenvalue weighted by molar-refractivity contribution is -0.126. The highest BCUT2D eigenvalue weighted by Crippen LogP contribution is 2.41. The maximum absolute atomic E-state index is 12.9. The van der Waals surface area contributed by atoms with Crippen LogP contribution < -0.4 is 10.6 Å². The summed E-state index contributed by atoms with van der Waals surface area (Å²) in [6.07, 6.45) is 4.11. The molecule has 24 heavy (non-hydrogen) atoms. The molecule has 0 atom stereocenters. The standard InChI is InChI=1S/C18H26ClN3O.ClH/c19-16-5-3-15(4-6-16)18(7-1-2-8-18)17(23)21-11-14-22-12-9-20-10-13-22;/h3-6,20H,1-2,7-14H2,(H,21,23);1H. The van der Waals surface area contributed by atoms with Crippen molar-refractivity contribution in [1.29, 1.82) is 0 Å². The second kappa shape index (κ2) is 9.04. The second-order valence-corrected chi connectivity index (χ2v) is 7.08. The molecular weight excluding hydrogens is 345 g/mol. The molecule has 2 fully saturated rings. The van der Waals surface area contributed by atoms with Crippen LogP contribution in [0.5, 0.6) is 0 Å². The van der Waals surface area contributed by atoms with Crippen molar-refractivity contribution in [3.8, 4) is 0 Å². The van der Waals surface area contributed by atoms with Gasteiger partial charge >= 0.3 is 0 Å². The van der Waals surface area contributed by atoms with Gasteiger partial charge in [0.25, 0.3) is 0 Å². The van der Waals surface area contributed by atoms with E-state index in [0.717, 1.165) is 75.5 Å². The first-order valence-electron chi connectivity index (χ1n) is 8.68. The Morgan fingerprint density at radius 1 is 1.17 bits per heavy atom. The highest BCUT2D eigenvalue weighted by atomic mass is 35.5. The number of hydrogen-bond donors (Lipinski definition) is 2. The number of halogens is 2. The fourth-order valence-corrected chi connectivity index (χ4v) is 3.95. The monoisotopic (exact) mass is 371 g/mol. The van der Waals surface area contributed by atoms with Gasteiger partial charge in [-0.2, -0.15) is 0 Å². The molecule has 3 rings (SSSR count). The molecule has 4 nitrogen and oxygen atoms in total. The van der Waals surface area contributed by atoms with Gasteiger partial charge in [-0.05, 0) is 30.5 Å². The van der Waals surface area contributed by atoms with Crippen molar-refractivity contribution >= 4 is 29.9 Å². The Labute approximate surface area is 155 Å². The van der Waals surface area contributed by atoms with Gasteiger partial charge in [0.05, 0.1) is 5.41 Å².